The Hall–Kier alpha value is -2.80. The van der Waals surface area contributed by atoms with E-state index in [1.807, 2.05) is 19.1 Å². The lowest BCUT2D eigenvalue weighted by Crippen LogP contribution is -2.44. The summed E-state index contributed by atoms with van der Waals surface area (Å²) in [6.07, 6.45) is 1.19. The normalized spacial score (nSPS) is 18.8. The molecule has 2 amide bonds. The number of anilines is 2. The average Bonchev–Trinajstić information content (AvgIpc) is 3.23. The van der Waals surface area contributed by atoms with Gasteiger partial charge in [0.15, 0.2) is 0 Å². The van der Waals surface area contributed by atoms with Crippen LogP contribution in [0.25, 0.3) is 11.3 Å². The van der Waals surface area contributed by atoms with E-state index in [0.717, 1.165) is 11.1 Å². The average molecular weight is 477 g/mol. The van der Waals surface area contributed by atoms with Crippen LogP contribution in [0.4, 0.5) is 16.4 Å². The molecule has 2 aliphatic heterocycles. The Morgan fingerprint density at radius 2 is 2.00 bits per heavy atom. The van der Waals surface area contributed by atoms with Crippen molar-refractivity contribution in [1.29, 1.82) is 0 Å². The van der Waals surface area contributed by atoms with Crippen molar-refractivity contribution < 1.29 is 23.1 Å². The lowest BCUT2D eigenvalue weighted by atomic mass is 10.1. The summed E-state index contributed by atoms with van der Waals surface area (Å²) in [6, 6.07) is 6.86. The second kappa shape index (κ2) is 9.59. The zero-order valence-corrected chi connectivity index (χ0v) is 19.4. The van der Waals surface area contributed by atoms with Crippen molar-refractivity contribution in [1.82, 2.24) is 19.6 Å². The number of aliphatic hydroxyl groups is 1. The molecule has 1 aromatic heterocycles. The van der Waals surface area contributed by atoms with Crippen LogP contribution in [-0.4, -0.2) is 79.0 Å². The predicted octanol–water partition coefficient (Wildman–Crippen LogP) is 0.758. The van der Waals surface area contributed by atoms with Crippen molar-refractivity contribution in [2.75, 3.05) is 49.4 Å². The van der Waals surface area contributed by atoms with E-state index in [0.29, 0.717) is 42.8 Å². The van der Waals surface area contributed by atoms with E-state index in [9.17, 15) is 13.2 Å². The first kappa shape index (κ1) is 23.4. The lowest BCUT2D eigenvalue weighted by Gasteiger charge is -2.33. The summed E-state index contributed by atoms with van der Waals surface area (Å²) in [5.41, 5.74) is 3.54. The van der Waals surface area contributed by atoms with Crippen molar-refractivity contribution in [3.63, 3.8) is 0 Å². The van der Waals surface area contributed by atoms with Crippen LogP contribution in [-0.2, 0) is 27.8 Å². The number of carbonyl (C=O) groups excluding carboxylic acids is 1. The number of sulfonamides is 1. The predicted molar refractivity (Wildman–Crippen MR) is 123 cm³/mol. The fraction of sp³-hybridized carbons (Fsp3) is 0.476. The molecule has 0 unspecified atom stereocenters. The Bertz CT molecular complexity index is 1120. The van der Waals surface area contributed by atoms with Crippen LogP contribution < -0.4 is 15.5 Å². The van der Waals surface area contributed by atoms with Gasteiger partial charge in [0.1, 0.15) is 0 Å². The second-order valence-corrected chi connectivity index (χ2v) is 10.1. The number of fused-ring (bicyclic) bond motifs is 1. The molecule has 178 valence electrons. The molecule has 0 aliphatic carbocycles. The highest BCUT2D eigenvalue weighted by Gasteiger charge is 2.32. The van der Waals surface area contributed by atoms with E-state index in [4.69, 9.17) is 19.8 Å². The van der Waals surface area contributed by atoms with E-state index < -0.39 is 16.1 Å². The van der Waals surface area contributed by atoms with Crippen molar-refractivity contribution >= 4 is 27.7 Å². The molecule has 12 heteroatoms. The molecule has 0 spiro atoms. The van der Waals surface area contributed by atoms with Gasteiger partial charge in [-0.15, -0.1) is 0 Å². The third-order valence-corrected chi connectivity index (χ3v) is 6.84. The third-order valence-electron chi connectivity index (χ3n) is 5.65. The number of rotatable bonds is 6. The SMILES string of the molecule is C[C@H]1COCCN1c1nc2c(c(-c3ccc(NC(=O)NCCO)cc3)n1)CN(S(C)(=O)=O)C2. The van der Waals surface area contributed by atoms with E-state index in [1.54, 1.807) is 12.1 Å². The Morgan fingerprint density at radius 3 is 2.67 bits per heavy atom. The molecule has 2 aliphatic rings. The van der Waals surface area contributed by atoms with Gasteiger partial charge in [0.25, 0.3) is 0 Å². The number of amides is 2. The smallest absolute Gasteiger partial charge is 0.319 e. The highest BCUT2D eigenvalue weighted by Crippen LogP contribution is 2.34. The summed E-state index contributed by atoms with van der Waals surface area (Å²) < 4.78 is 31.3. The minimum absolute atomic E-state index is 0.0982. The maximum Gasteiger partial charge on any atom is 0.319 e. The van der Waals surface area contributed by atoms with Crippen LogP contribution in [0.15, 0.2) is 24.3 Å². The Balaban J connectivity index is 1.67. The van der Waals surface area contributed by atoms with E-state index in [-0.39, 0.29) is 32.3 Å². The minimum Gasteiger partial charge on any atom is -0.395 e. The molecule has 33 heavy (non-hydrogen) atoms. The number of ether oxygens (including phenoxy) is 1. The number of nitrogens with zero attached hydrogens (tertiary/aromatic N) is 4. The summed E-state index contributed by atoms with van der Waals surface area (Å²) in [4.78, 5) is 23.5. The molecule has 0 radical (unpaired) electrons. The molecule has 2 aromatic rings. The summed E-state index contributed by atoms with van der Waals surface area (Å²) in [7, 11) is -3.39. The van der Waals surface area contributed by atoms with Gasteiger partial charge in [0.2, 0.25) is 16.0 Å². The zero-order chi connectivity index (χ0) is 23.6. The van der Waals surface area contributed by atoms with Crippen LogP contribution >= 0.6 is 0 Å². The molecular weight excluding hydrogens is 448 g/mol. The fourth-order valence-electron chi connectivity index (χ4n) is 3.90. The molecule has 1 aromatic carbocycles. The van der Waals surface area contributed by atoms with Gasteiger partial charge in [-0.1, -0.05) is 12.1 Å². The van der Waals surface area contributed by atoms with Crippen LogP contribution in [0, 0.1) is 0 Å². The highest BCUT2D eigenvalue weighted by atomic mass is 32.2. The summed E-state index contributed by atoms with van der Waals surface area (Å²) >= 11 is 0. The van der Waals surface area contributed by atoms with E-state index >= 15 is 0 Å². The molecule has 1 fully saturated rings. The summed E-state index contributed by atoms with van der Waals surface area (Å²) in [5, 5.41) is 14.0. The number of urea groups is 1. The monoisotopic (exact) mass is 476 g/mol. The quantitative estimate of drug-likeness (QED) is 0.556. The Morgan fingerprint density at radius 1 is 1.24 bits per heavy atom. The molecule has 3 heterocycles. The summed E-state index contributed by atoms with van der Waals surface area (Å²) in [6.45, 7) is 4.29. The molecule has 4 rings (SSSR count). The number of aliphatic hydroxyl groups excluding tert-OH is 1. The van der Waals surface area contributed by atoms with Crippen LogP contribution in [0.2, 0.25) is 0 Å². The van der Waals surface area contributed by atoms with Gasteiger partial charge in [-0.2, -0.15) is 4.31 Å². The van der Waals surface area contributed by atoms with Gasteiger partial charge in [-0.05, 0) is 19.1 Å². The van der Waals surface area contributed by atoms with E-state index in [2.05, 4.69) is 15.5 Å². The fourth-order valence-corrected chi connectivity index (χ4v) is 4.62. The van der Waals surface area contributed by atoms with Crippen molar-refractivity contribution in [2.24, 2.45) is 0 Å². The van der Waals surface area contributed by atoms with Gasteiger partial charge >= 0.3 is 6.03 Å². The van der Waals surface area contributed by atoms with Gasteiger partial charge in [0, 0.05) is 36.4 Å². The van der Waals surface area contributed by atoms with Gasteiger partial charge in [0.05, 0.1) is 50.1 Å². The standard InChI is InChI=1S/C21H28N6O5S/c1-14-13-32-10-8-27(14)20-24-18-12-26(33(2,30)31)11-17(18)19(25-20)15-3-5-16(6-4-15)23-21(29)22-7-9-28/h3-6,14,28H,7-13H2,1-2H3,(H2,22,23,29)/t14-/m0/s1. The maximum absolute atomic E-state index is 12.2. The number of hydrogen-bond acceptors (Lipinski definition) is 8. The van der Waals surface area contributed by atoms with Crippen LogP contribution in [0.5, 0.6) is 0 Å². The van der Waals surface area contributed by atoms with Crippen LogP contribution in [0.3, 0.4) is 0 Å². The zero-order valence-electron chi connectivity index (χ0n) is 18.6. The molecule has 1 saturated heterocycles. The number of nitrogens with one attached hydrogen (secondary N) is 2. The van der Waals surface area contributed by atoms with E-state index in [1.165, 1.54) is 10.6 Å². The molecule has 11 nitrogen and oxygen atoms in total. The first-order valence-electron chi connectivity index (χ1n) is 10.7. The topological polar surface area (TPSA) is 137 Å². The molecule has 0 saturated carbocycles. The van der Waals surface area contributed by atoms with Crippen LogP contribution in [0.1, 0.15) is 18.2 Å². The number of benzene rings is 1. The first-order chi connectivity index (χ1) is 15.8. The summed E-state index contributed by atoms with van der Waals surface area (Å²) in [5.74, 6) is 0.556. The van der Waals surface area contributed by atoms with Gasteiger partial charge in [-0.3, -0.25) is 0 Å². The second-order valence-electron chi connectivity index (χ2n) is 8.13. The molecule has 0 bridgehead atoms. The lowest BCUT2D eigenvalue weighted by molar-refractivity contribution is 0.0981. The van der Waals surface area contributed by atoms with Gasteiger partial charge in [-0.25, -0.2) is 23.2 Å². The highest BCUT2D eigenvalue weighted by molar-refractivity contribution is 7.88. The Labute approximate surface area is 192 Å². The number of morpholine rings is 1. The minimum atomic E-state index is -3.39. The molecule has 3 N–H and O–H groups in total. The molecule has 1 atom stereocenters. The number of carbonyl (C=O) groups is 1. The maximum atomic E-state index is 12.2. The largest absolute Gasteiger partial charge is 0.395 e. The van der Waals surface area contributed by atoms with Crippen molar-refractivity contribution in [2.45, 2.75) is 26.1 Å². The van der Waals surface area contributed by atoms with Crippen molar-refractivity contribution in [3.05, 3.63) is 35.5 Å². The third kappa shape index (κ3) is 5.24. The van der Waals surface area contributed by atoms with Gasteiger partial charge < -0.3 is 25.4 Å². The Kier molecular flexibility index (Phi) is 6.79. The molecular formula is C21H28N6O5S. The first-order valence-corrected chi connectivity index (χ1v) is 12.6. The number of aromatic nitrogens is 2. The number of hydrogen-bond donors (Lipinski definition) is 3. The van der Waals surface area contributed by atoms with Crippen molar-refractivity contribution in [3.8, 4) is 11.3 Å².